The van der Waals surface area contributed by atoms with Gasteiger partial charge in [0.15, 0.2) is 0 Å². The fraction of sp³-hybridized carbons (Fsp3) is 0.250. The predicted octanol–water partition coefficient (Wildman–Crippen LogP) is 4.40. The molecule has 1 aromatic heterocycles. The largest absolute Gasteiger partial charge is 0.492 e. The number of carbonyl (C=O) groups excluding carboxylic acids is 1. The summed E-state index contributed by atoms with van der Waals surface area (Å²) >= 11 is 9.39. The second-order valence-electron chi connectivity index (χ2n) is 4.88. The van der Waals surface area contributed by atoms with Crippen molar-refractivity contribution in [1.29, 1.82) is 0 Å². The summed E-state index contributed by atoms with van der Waals surface area (Å²) in [4.78, 5) is 15.8. The Kier molecular flexibility index (Phi) is 6.67. The van der Waals surface area contributed by atoms with Crippen molar-refractivity contribution in [2.45, 2.75) is 13.3 Å². The van der Waals surface area contributed by atoms with Gasteiger partial charge in [-0.25, -0.2) is 9.78 Å². The van der Waals surface area contributed by atoms with Crippen LogP contribution >= 0.6 is 27.5 Å². The minimum atomic E-state index is -0.289. The molecule has 0 spiro atoms. The SMILES string of the molecule is Cc1ccc(NC(=O)NCCCOc2ccc(Br)cc2Cl)nc1. The van der Waals surface area contributed by atoms with Gasteiger partial charge in [0.05, 0.1) is 11.6 Å². The van der Waals surface area contributed by atoms with Crippen LogP contribution in [0, 0.1) is 6.92 Å². The normalized spacial score (nSPS) is 10.2. The number of pyridine rings is 1. The number of hydrogen-bond donors (Lipinski definition) is 2. The van der Waals surface area contributed by atoms with Gasteiger partial charge in [-0.15, -0.1) is 0 Å². The number of amides is 2. The van der Waals surface area contributed by atoms with E-state index in [1.54, 1.807) is 24.4 Å². The van der Waals surface area contributed by atoms with Gasteiger partial charge in [-0.1, -0.05) is 33.6 Å². The molecule has 23 heavy (non-hydrogen) atoms. The van der Waals surface area contributed by atoms with E-state index in [1.807, 2.05) is 19.1 Å². The topological polar surface area (TPSA) is 63.2 Å². The number of urea groups is 1. The Morgan fingerprint density at radius 3 is 2.87 bits per heavy atom. The van der Waals surface area contributed by atoms with Crippen LogP contribution in [-0.4, -0.2) is 24.2 Å². The summed E-state index contributed by atoms with van der Waals surface area (Å²) in [6.45, 7) is 2.89. The summed E-state index contributed by atoms with van der Waals surface area (Å²) in [6.07, 6.45) is 2.37. The third-order valence-electron chi connectivity index (χ3n) is 2.91. The monoisotopic (exact) mass is 397 g/mol. The van der Waals surface area contributed by atoms with Gasteiger partial charge < -0.3 is 10.1 Å². The average Bonchev–Trinajstić information content (AvgIpc) is 2.51. The standard InChI is InChI=1S/C16H17BrClN3O2/c1-11-3-6-15(20-10-11)21-16(22)19-7-2-8-23-14-5-4-12(17)9-13(14)18/h3-6,9-10H,2,7-8H2,1H3,(H2,19,20,21,22). The summed E-state index contributed by atoms with van der Waals surface area (Å²) < 4.78 is 6.47. The molecule has 0 saturated heterocycles. The number of carbonyl (C=O) groups is 1. The van der Waals surface area contributed by atoms with E-state index < -0.39 is 0 Å². The van der Waals surface area contributed by atoms with E-state index in [1.165, 1.54) is 0 Å². The van der Waals surface area contributed by atoms with Crippen LogP contribution in [0.2, 0.25) is 5.02 Å². The van der Waals surface area contributed by atoms with Crippen LogP contribution in [0.5, 0.6) is 5.75 Å². The fourth-order valence-corrected chi connectivity index (χ4v) is 2.48. The van der Waals surface area contributed by atoms with Crippen LogP contribution < -0.4 is 15.4 Å². The number of nitrogens with zero attached hydrogens (tertiary/aromatic N) is 1. The minimum Gasteiger partial charge on any atom is -0.492 e. The number of aromatic nitrogens is 1. The molecule has 0 aliphatic heterocycles. The second-order valence-corrected chi connectivity index (χ2v) is 6.20. The van der Waals surface area contributed by atoms with Crippen LogP contribution in [0.1, 0.15) is 12.0 Å². The maximum atomic E-state index is 11.7. The molecule has 0 fully saturated rings. The number of benzene rings is 1. The van der Waals surface area contributed by atoms with Crippen LogP contribution in [0.4, 0.5) is 10.6 Å². The highest BCUT2D eigenvalue weighted by molar-refractivity contribution is 9.10. The molecule has 0 aliphatic carbocycles. The molecule has 2 N–H and O–H groups in total. The molecule has 1 aromatic carbocycles. The average molecular weight is 399 g/mol. The lowest BCUT2D eigenvalue weighted by Crippen LogP contribution is -2.30. The van der Waals surface area contributed by atoms with Gasteiger partial charge in [0.25, 0.3) is 0 Å². The first kappa shape index (κ1) is 17.6. The number of hydrogen-bond acceptors (Lipinski definition) is 3. The molecule has 2 amide bonds. The molecule has 0 unspecified atom stereocenters. The summed E-state index contributed by atoms with van der Waals surface area (Å²) in [5.41, 5.74) is 1.04. The molecule has 0 atom stereocenters. The third-order valence-corrected chi connectivity index (χ3v) is 3.70. The van der Waals surface area contributed by atoms with Gasteiger partial charge in [0, 0.05) is 17.2 Å². The van der Waals surface area contributed by atoms with E-state index >= 15 is 0 Å². The highest BCUT2D eigenvalue weighted by Gasteiger charge is 2.03. The molecule has 2 aromatic rings. The number of rotatable bonds is 6. The quantitative estimate of drug-likeness (QED) is 0.709. The van der Waals surface area contributed by atoms with E-state index in [2.05, 4.69) is 31.5 Å². The maximum Gasteiger partial charge on any atom is 0.320 e. The molecule has 0 radical (unpaired) electrons. The van der Waals surface area contributed by atoms with Crippen molar-refractivity contribution in [3.8, 4) is 5.75 Å². The fourth-order valence-electron chi connectivity index (χ4n) is 1.75. The Bertz CT molecular complexity index is 665. The number of halogens is 2. The van der Waals surface area contributed by atoms with Crippen molar-refractivity contribution in [3.63, 3.8) is 0 Å². The van der Waals surface area contributed by atoms with Gasteiger partial charge in [0.1, 0.15) is 11.6 Å². The highest BCUT2D eigenvalue weighted by atomic mass is 79.9. The lowest BCUT2D eigenvalue weighted by Gasteiger charge is -2.09. The summed E-state index contributed by atoms with van der Waals surface area (Å²) in [5.74, 6) is 1.15. The number of aryl methyl sites for hydroxylation is 1. The summed E-state index contributed by atoms with van der Waals surface area (Å²) in [7, 11) is 0. The highest BCUT2D eigenvalue weighted by Crippen LogP contribution is 2.27. The van der Waals surface area contributed by atoms with E-state index in [9.17, 15) is 4.79 Å². The van der Waals surface area contributed by atoms with Gasteiger partial charge in [0.2, 0.25) is 0 Å². The Morgan fingerprint density at radius 1 is 1.35 bits per heavy atom. The van der Waals surface area contributed by atoms with E-state index in [-0.39, 0.29) is 6.03 Å². The van der Waals surface area contributed by atoms with Crippen molar-refractivity contribution < 1.29 is 9.53 Å². The van der Waals surface area contributed by atoms with Crippen LogP contribution in [0.25, 0.3) is 0 Å². The van der Waals surface area contributed by atoms with Gasteiger partial charge >= 0.3 is 6.03 Å². The molecule has 2 rings (SSSR count). The second kappa shape index (κ2) is 8.74. The van der Waals surface area contributed by atoms with Crippen molar-refractivity contribution in [1.82, 2.24) is 10.3 Å². The summed E-state index contributed by atoms with van der Waals surface area (Å²) in [5, 5.41) is 5.96. The first-order chi connectivity index (χ1) is 11.0. The van der Waals surface area contributed by atoms with E-state index in [4.69, 9.17) is 16.3 Å². The third kappa shape index (κ3) is 6.08. The lowest BCUT2D eigenvalue weighted by atomic mass is 10.3. The summed E-state index contributed by atoms with van der Waals surface area (Å²) in [6, 6.07) is 8.79. The van der Waals surface area contributed by atoms with Crippen molar-refractivity contribution in [2.75, 3.05) is 18.5 Å². The predicted molar refractivity (Wildman–Crippen MR) is 95.3 cm³/mol. The molecule has 0 bridgehead atoms. The van der Waals surface area contributed by atoms with Crippen molar-refractivity contribution in [2.24, 2.45) is 0 Å². The molecule has 5 nitrogen and oxygen atoms in total. The van der Waals surface area contributed by atoms with Crippen molar-refractivity contribution in [3.05, 3.63) is 51.6 Å². The minimum absolute atomic E-state index is 0.289. The first-order valence-electron chi connectivity index (χ1n) is 7.10. The first-order valence-corrected chi connectivity index (χ1v) is 8.27. The van der Waals surface area contributed by atoms with E-state index in [0.717, 1.165) is 10.0 Å². The van der Waals surface area contributed by atoms with E-state index in [0.29, 0.717) is 36.2 Å². The van der Waals surface area contributed by atoms with Gasteiger partial charge in [-0.3, -0.25) is 5.32 Å². The zero-order valence-electron chi connectivity index (χ0n) is 12.6. The lowest BCUT2D eigenvalue weighted by molar-refractivity contribution is 0.250. The molecule has 7 heteroatoms. The number of ether oxygens (including phenoxy) is 1. The van der Waals surface area contributed by atoms with Gasteiger partial charge in [-0.2, -0.15) is 0 Å². The smallest absolute Gasteiger partial charge is 0.320 e. The molecule has 122 valence electrons. The van der Waals surface area contributed by atoms with Crippen LogP contribution in [0.15, 0.2) is 41.0 Å². The molecule has 1 heterocycles. The molecular weight excluding hydrogens is 382 g/mol. The van der Waals surface area contributed by atoms with Crippen LogP contribution in [0.3, 0.4) is 0 Å². The molecular formula is C16H17BrClN3O2. The molecule has 0 saturated carbocycles. The van der Waals surface area contributed by atoms with Gasteiger partial charge in [-0.05, 0) is 43.2 Å². The number of anilines is 1. The number of nitrogens with one attached hydrogen (secondary N) is 2. The molecule has 0 aliphatic rings. The zero-order chi connectivity index (χ0) is 16.7. The Hall–Kier alpha value is -1.79. The zero-order valence-corrected chi connectivity index (χ0v) is 14.9. The van der Waals surface area contributed by atoms with Crippen LogP contribution in [-0.2, 0) is 0 Å². The van der Waals surface area contributed by atoms with Crippen molar-refractivity contribution >= 4 is 39.4 Å². The maximum absolute atomic E-state index is 11.7. The Labute approximate surface area is 148 Å². The Morgan fingerprint density at radius 2 is 2.17 bits per heavy atom. The Balaban J connectivity index is 1.65.